The average molecular weight is 336 g/mol. The molecular formula is C14H14BrN3O2. The van der Waals surface area contributed by atoms with Gasteiger partial charge in [0.15, 0.2) is 5.69 Å². The van der Waals surface area contributed by atoms with Crippen LogP contribution in [0.25, 0.3) is 0 Å². The van der Waals surface area contributed by atoms with Crippen LogP contribution in [0.4, 0.5) is 5.69 Å². The van der Waals surface area contributed by atoms with Gasteiger partial charge in [0.1, 0.15) is 0 Å². The fourth-order valence-corrected chi connectivity index (χ4v) is 2.46. The summed E-state index contributed by atoms with van der Waals surface area (Å²) in [6, 6.07) is 5.68. The van der Waals surface area contributed by atoms with Gasteiger partial charge in [-0.15, -0.1) is 0 Å². The van der Waals surface area contributed by atoms with Crippen molar-refractivity contribution in [1.82, 2.24) is 10.2 Å². The van der Waals surface area contributed by atoms with E-state index in [2.05, 4.69) is 31.4 Å². The topological polar surface area (TPSA) is 67.0 Å². The number of hydrogen-bond donors (Lipinski definition) is 2. The quantitative estimate of drug-likeness (QED) is 0.886. The van der Waals surface area contributed by atoms with E-state index in [-0.39, 0.29) is 5.91 Å². The molecule has 0 bridgehead atoms. The highest BCUT2D eigenvalue weighted by molar-refractivity contribution is 9.10. The second-order valence-electron chi connectivity index (χ2n) is 4.75. The lowest BCUT2D eigenvalue weighted by Crippen LogP contribution is -2.17. The van der Waals surface area contributed by atoms with Gasteiger partial charge in [0.2, 0.25) is 0 Å². The van der Waals surface area contributed by atoms with E-state index in [4.69, 9.17) is 4.74 Å². The minimum absolute atomic E-state index is 0.213. The number of anilines is 1. The van der Waals surface area contributed by atoms with Crippen LogP contribution in [0.5, 0.6) is 0 Å². The van der Waals surface area contributed by atoms with Gasteiger partial charge in [-0.3, -0.25) is 9.89 Å². The van der Waals surface area contributed by atoms with Crippen LogP contribution in [0, 0.1) is 6.92 Å². The van der Waals surface area contributed by atoms with Gasteiger partial charge in [-0.05, 0) is 30.7 Å². The van der Waals surface area contributed by atoms with Gasteiger partial charge >= 0.3 is 0 Å². The van der Waals surface area contributed by atoms with Crippen LogP contribution in [-0.2, 0) is 17.8 Å². The highest BCUT2D eigenvalue weighted by atomic mass is 79.9. The van der Waals surface area contributed by atoms with Gasteiger partial charge < -0.3 is 10.1 Å². The molecule has 1 aliphatic rings. The van der Waals surface area contributed by atoms with Gasteiger partial charge in [0.25, 0.3) is 5.91 Å². The number of fused-ring (bicyclic) bond motifs is 1. The number of rotatable bonds is 2. The summed E-state index contributed by atoms with van der Waals surface area (Å²) in [6.45, 7) is 3.08. The zero-order chi connectivity index (χ0) is 14.1. The lowest BCUT2D eigenvalue weighted by molar-refractivity contribution is 0.0985. The Bertz CT molecular complexity index is 666. The van der Waals surface area contributed by atoms with Crippen LogP contribution in [-0.4, -0.2) is 22.7 Å². The fourth-order valence-electron chi connectivity index (χ4n) is 2.21. The molecule has 2 N–H and O–H groups in total. The Morgan fingerprint density at radius 3 is 3.15 bits per heavy atom. The van der Waals surface area contributed by atoms with Gasteiger partial charge in [-0.25, -0.2) is 0 Å². The summed E-state index contributed by atoms with van der Waals surface area (Å²) >= 11 is 3.44. The summed E-state index contributed by atoms with van der Waals surface area (Å²) in [6.07, 6.45) is 0.771. The number of aryl methyl sites for hydroxylation is 1. The third-order valence-electron chi connectivity index (χ3n) is 3.33. The number of carbonyl (C=O) groups is 1. The van der Waals surface area contributed by atoms with E-state index in [0.29, 0.717) is 18.9 Å². The van der Waals surface area contributed by atoms with Gasteiger partial charge in [0, 0.05) is 27.8 Å². The van der Waals surface area contributed by atoms with Gasteiger partial charge in [0.05, 0.1) is 13.2 Å². The van der Waals surface area contributed by atoms with Crippen LogP contribution in [0.15, 0.2) is 22.7 Å². The number of hydrogen-bond acceptors (Lipinski definition) is 3. The minimum Gasteiger partial charge on any atom is -0.376 e. The molecule has 0 fully saturated rings. The van der Waals surface area contributed by atoms with Crippen molar-refractivity contribution >= 4 is 27.5 Å². The normalized spacial score (nSPS) is 13.9. The first-order chi connectivity index (χ1) is 9.65. The van der Waals surface area contributed by atoms with E-state index in [9.17, 15) is 4.79 Å². The van der Waals surface area contributed by atoms with Crippen molar-refractivity contribution in [3.8, 4) is 0 Å². The molecule has 3 rings (SSSR count). The van der Waals surface area contributed by atoms with E-state index in [1.807, 2.05) is 25.1 Å². The van der Waals surface area contributed by atoms with Crippen LogP contribution in [0.2, 0.25) is 0 Å². The van der Waals surface area contributed by atoms with Crippen molar-refractivity contribution in [2.45, 2.75) is 20.0 Å². The van der Waals surface area contributed by atoms with Gasteiger partial charge in [-0.1, -0.05) is 15.9 Å². The summed E-state index contributed by atoms with van der Waals surface area (Å²) < 4.78 is 6.40. The number of carbonyl (C=O) groups excluding carboxylic acids is 1. The largest absolute Gasteiger partial charge is 0.376 e. The van der Waals surface area contributed by atoms with Crippen LogP contribution < -0.4 is 5.32 Å². The molecule has 0 radical (unpaired) electrons. The Hall–Kier alpha value is -1.66. The molecule has 1 aromatic carbocycles. The van der Waals surface area contributed by atoms with Crippen molar-refractivity contribution in [1.29, 1.82) is 0 Å². The Morgan fingerprint density at radius 1 is 1.50 bits per heavy atom. The molecule has 1 aromatic heterocycles. The molecule has 2 aromatic rings. The number of H-pyrrole nitrogens is 1. The molecule has 1 aliphatic heterocycles. The summed E-state index contributed by atoms with van der Waals surface area (Å²) in [5.41, 5.74) is 4.09. The SMILES string of the molecule is Cc1cc(NC(=O)c2n[nH]c3c2COCC3)ccc1Br. The average Bonchev–Trinajstić information content (AvgIpc) is 2.87. The highest BCUT2D eigenvalue weighted by Crippen LogP contribution is 2.22. The third kappa shape index (κ3) is 2.48. The highest BCUT2D eigenvalue weighted by Gasteiger charge is 2.22. The predicted molar refractivity (Wildman–Crippen MR) is 78.8 cm³/mol. The molecule has 5 nitrogen and oxygen atoms in total. The predicted octanol–water partition coefficient (Wildman–Crippen LogP) is 2.81. The van der Waals surface area contributed by atoms with E-state index in [1.54, 1.807) is 0 Å². The van der Waals surface area contributed by atoms with Gasteiger partial charge in [-0.2, -0.15) is 5.10 Å². The molecule has 2 heterocycles. The Morgan fingerprint density at radius 2 is 2.35 bits per heavy atom. The van der Waals surface area contributed by atoms with E-state index in [0.717, 1.165) is 33.4 Å². The van der Waals surface area contributed by atoms with Crippen molar-refractivity contribution in [3.05, 3.63) is 45.2 Å². The summed E-state index contributed by atoms with van der Waals surface area (Å²) in [5.74, 6) is -0.213. The molecule has 0 aliphatic carbocycles. The number of aromatic nitrogens is 2. The van der Waals surface area contributed by atoms with E-state index < -0.39 is 0 Å². The van der Waals surface area contributed by atoms with Crippen molar-refractivity contribution < 1.29 is 9.53 Å². The lowest BCUT2D eigenvalue weighted by Gasteiger charge is -2.12. The number of nitrogens with one attached hydrogen (secondary N) is 2. The molecule has 1 amide bonds. The summed E-state index contributed by atoms with van der Waals surface area (Å²) in [5, 5.41) is 9.89. The molecule has 0 saturated heterocycles. The second kappa shape index (κ2) is 5.38. The van der Waals surface area contributed by atoms with Crippen LogP contribution >= 0.6 is 15.9 Å². The molecule has 6 heteroatoms. The number of amides is 1. The maximum atomic E-state index is 12.3. The Kier molecular flexibility index (Phi) is 3.58. The first kappa shape index (κ1) is 13.3. The molecular weight excluding hydrogens is 322 g/mol. The second-order valence-corrected chi connectivity index (χ2v) is 5.60. The molecule has 0 spiro atoms. The standard InChI is InChI=1S/C14H14BrN3O2/c1-8-6-9(2-3-11(8)15)16-14(19)13-10-7-20-5-4-12(10)17-18-13/h2-3,6H,4-5,7H2,1H3,(H,16,19)(H,17,18). The summed E-state index contributed by atoms with van der Waals surface area (Å²) in [4.78, 5) is 12.3. The maximum absolute atomic E-state index is 12.3. The molecule has 0 saturated carbocycles. The zero-order valence-corrected chi connectivity index (χ0v) is 12.6. The summed E-state index contributed by atoms with van der Waals surface area (Å²) in [7, 11) is 0. The number of ether oxygens (including phenoxy) is 1. The third-order valence-corrected chi connectivity index (χ3v) is 4.22. The fraction of sp³-hybridized carbons (Fsp3) is 0.286. The number of nitrogens with zero attached hydrogens (tertiary/aromatic N) is 1. The Labute approximate surface area is 124 Å². The van der Waals surface area contributed by atoms with Crippen molar-refractivity contribution in [2.75, 3.05) is 11.9 Å². The number of aromatic amines is 1. The zero-order valence-electron chi connectivity index (χ0n) is 11.0. The number of benzene rings is 1. The van der Waals surface area contributed by atoms with Crippen LogP contribution in [0.1, 0.15) is 27.3 Å². The molecule has 104 valence electrons. The number of halogens is 1. The smallest absolute Gasteiger partial charge is 0.276 e. The lowest BCUT2D eigenvalue weighted by atomic mass is 10.1. The van der Waals surface area contributed by atoms with Crippen LogP contribution in [0.3, 0.4) is 0 Å². The van der Waals surface area contributed by atoms with Crippen molar-refractivity contribution in [2.24, 2.45) is 0 Å². The molecule has 0 unspecified atom stereocenters. The van der Waals surface area contributed by atoms with E-state index in [1.165, 1.54) is 0 Å². The van der Waals surface area contributed by atoms with Crippen molar-refractivity contribution in [3.63, 3.8) is 0 Å². The molecule has 0 atom stereocenters. The monoisotopic (exact) mass is 335 g/mol. The first-order valence-corrected chi connectivity index (χ1v) is 7.16. The molecule has 20 heavy (non-hydrogen) atoms. The Balaban J connectivity index is 1.82. The van der Waals surface area contributed by atoms with E-state index >= 15 is 0 Å². The maximum Gasteiger partial charge on any atom is 0.276 e. The minimum atomic E-state index is -0.213. The first-order valence-electron chi connectivity index (χ1n) is 6.36.